The van der Waals surface area contributed by atoms with Crippen LogP contribution in [0.15, 0.2) is 0 Å². The Kier molecular flexibility index (Phi) is 7.96. The molecule has 0 saturated carbocycles. The Bertz CT molecular complexity index is 238. The van der Waals surface area contributed by atoms with E-state index in [-0.39, 0.29) is 12.5 Å². The summed E-state index contributed by atoms with van der Waals surface area (Å²) in [5, 5.41) is 10.7. The van der Waals surface area contributed by atoms with Crippen LogP contribution in [0.1, 0.15) is 19.3 Å². The van der Waals surface area contributed by atoms with Crippen LogP contribution in [-0.2, 0) is 9.59 Å². The minimum Gasteiger partial charge on any atom is -0.480 e. The van der Waals surface area contributed by atoms with E-state index in [1.807, 2.05) is 0 Å². The Balaban J connectivity index is 3.47. The van der Waals surface area contributed by atoms with Crippen molar-refractivity contribution in [2.45, 2.75) is 30.6 Å². The fourth-order valence-electron chi connectivity index (χ4n) is 1.05. The molecule has 0 fully saturated rings. The molecule has 0 rings (SSSR count). The van der Waals surface area contributed by atoms with Gasteiger partial charge in [0.25, 0.3) is 0 Å². The van der Waals surface area contributed by atoms with Crippen molar-refractivity contribution in [2.24, 2.45) is 11.5 Å². The van der Waals surface area contributed by atoms with Gasteiger partial charge < -0.3 is 21.9 Å². The first-order valence-electron chi connectivity index (χ1n) is 5.13. The maximum absolute atomic E-state index is 11.2. The number of rotatable bonds is 8. The molecule has 0 bridgehead atoms. The third-order valence-electron chi connectivity index (χ3n) is 2.08. The number of aliphatic carboxylic acids is 1. The molecule has 16 heavy (non-hydrogen) atoms. The highest BCUT2D eigenvalue weighted by molar-refractivity contribution is 7.81. The van der Waals surface area contributed by atoms with Crippen LogP contribution in [-0.4, -0.2) is 41.4 Å². The molecule has 0 saturated heterocycles. The number of carboxylic acid groups (broad SMARTS) is 1. The van der Waals surface area contributed by atoms with Crippen molar-refractivity contribution in [2.75, 3.05) is 13.1 Å². The molecule has 0 aliphatic rings. The van der Waals surface area contributed by atoms with Crippen molar-refractivity contribution in [3.05, 3.63) is 0 Å². The molecule has 94 valence electrons. The van der Waals surface area contributed by atoms with E-state index in [0.717, 1.165) is 0 Å². The summed E-state index contributed by atoms with van der Waals surface area (Å²) in [4.78, 5) is 21.6. The predicted molar refractivity (Wildman–Crippen MR) is 64.3 cm³/mol. The summed E-state index contributed by atoms with van der Waals surface area (Å²) in [6.07, 6.45) is 1.76. The SMILES string of the molecule is NCC(S)C(=O)NCCCCC(N)C(=O)O. The van der Waals surface area contributed by atoms with Crippen molar-refractivity contribution in [3.63, 3.8) is 0 Å². The third kappa shape index (κ3) is 6.65. The van der Waals surface area contributed by atoms with E-state index in [0.29, 0.717) is 25.8 Å². The van der Waals surface area contributed by atoms with E-state index < -0.39 is 17.3 Å². The van der Waals surface area contributed by atoms with Gasteiger partial charge >= 0.3 is 5.97 Å². The van der Waals surface area contributed by atoms with Gasteiger partial charge in [0.2, 0.25) is 5.91 Å². The molecule has 0 aliphatic carbocycles. The number of carbonyl (C=O) groups excluding carboxylic acids is 1. The number of carbonyl (C=O) groups is 2. The van der Waals surface area contributed by atoms with Crippen LogP contribution >= 0.6 is 12.6 Å². The molecule has 6 N–H and O–H groups in total. The Hall–Kier alpha value is -0.790. The zero-order valence-electron chi connectivity index (χ0n) is 9.06. The summed E-state index contributed by atoms with van der Waals surface area (Å²) in [6, 6.07) is -0.822. The van der Waals surface area contributed by atoms with Gasteiger partial charge in [-0.15, -0.1) is 0 Å². The van der Waals surface area contributed by atoms with Crippen LogP contribution in [0, 0.1) is 0 Å². The summed E-state index contributed by atoms with van der Waals surface area (Å²) < 4.78 is 0. The van der Waals surface area contributed by atoms with Gasteiger partial charge in [-0.1, -0.05) is 0 Å². The van der Waals surface area contributed by atoms with E-state index in [2.05, 4.69) is 17.9 Å². The van der Waals surface area contributed by atoms with Crippen LogP contribution in [0.5, 0.6) is 0 Å². The van der Waals surface area contributed by atoms with E-state index in [1.54, 1.807) is 0 Å². The number of nitrogens with two attached hydrogens (primary N) is 2. The van der Waals surface area contributed by atoms with Gasteiger partial charge in [0.1, 0.15) is 6.04 Å². The van der Waals surface area contributed by atoms with E-state index in [1.165, 1.54) is 0 Å². The van der Waals surface area contributed by atoms with E-state index in [9.17, 15) is 9.59 Å². The van der Waals surface area contributed by atoms with E-state index in [4.69, 9.17) is 16.6 Å². The molecule has 0 aliphatic heterocycles. The fourth-order valence-corrected chi connectivity index (χ4v) is 1.14. The molecule has 0 aromatic carbocycles. The lowest BCUT2D eigenvalue weighted by Crippen LogP contribution is -2.36. The first kappa shape index (κ1) is 15.2. The number of hydrogen-bond donors (Lipinski definition) is 5. The van der Waals surface area contributed by atoms with E-state index >= 15 is 0 Å². The summed E-state index contributed by atoms with van der Waals surface area (Å²) in [5.74, 6) is -1.20. The quantitative estimate of drug-likeness (QED) is 0.277. The smallest absolute Gasteiger partial charge is 0.320 e. The molecule has 0 spiro atoms. The van der Waals surface area contributed by atoms with Gasteiger partial charge in [0, 0.05) is 13.1 Å². The van der Waals surface area contributed by atoms with Crippen LogP contribution in [0.25, 0.3) is 0 Å². The zero-order chi connectivity index (χ0) is 12.6. The summed E-state index contributed by atoms with van der Waals surface area (Å²) in [7, 11) is 0. The summed E-state index contributed by atoms with van der Waals surface area (Å²) in [6.45, 7) is 0.682. The third-order valence-corrected chi connectivity index (χ3v) is 2.53. The Labute approximate surface area is 100 Å². The molecule has 1 amide bonds. The lowest BCUT2D eigenvalue weighted by Gasteiger charge is -2.09. The lowest BCUT2D eigenvalue weighted by molar-refractivity contribution is -0.138. The van der Waals surface area contributed by atoms with Gasteiger partial charge in [0.05, 0.1) is 5.25 Å². The molecular weight excluding hydrogens is 230 g/mol. The lowest BCUT2D eigenvalue weighted by atomic mass is 10.1. The fraction of sp³-hybridized carbons (Fsp3) is 0.778. The van der Waals surface area contributed by atoms with Crippen molar-refractivity contribution in [1.29, 1.82) is 0 Å². The first-order chi connectivity index (χ1) is 7.49. The highest BCUT2D eigenvalue weighted by Crippen LogP contribution is 1.99. The summed E-state index contributed by atoms with van der Waals surface area (Å²) >= 11 is 3.97. The normalized spacial score (nSPS) is 14.2. The molecule has 6 nitrogen and oxygen atoms in total. The highest BCUT2D eigenvalue weighted by Gasteiger charge is 2.12. The topological polar surface area (TPSA) is 118 Å². The van der Waals surface area contributed by atoms with Gasteiger partial charge in [0.15, 0.2) is 0 Å². The minimum absolute atomic E-state index is 0.193. The zero-order valence-corrected chi connectivity index (χ0v) is 9.95. The Morgan fingerprint density at radius 3 is 2.50 bits per heavy atom. The largest absolute Gasteiger partial charge is 0.480 e. The van der Waals surface area contributed by atoms with Gasteiger partial charge in [-0.3, -0.25) is 9.59 Å². The maximum atomic E-state index is 11.2. The monoisotopic (exact) mass is 249 g/mol. The van der Waals surface area contributed by atoms with Gasteiger partial charge in [-0.25, -0.2) is 0 Å². The van der Waals surface area contributed by atoms with Crippen molar-refractivity contribution in [1.82, 2.24) is 5.32 Å². The second-order valence-corrected chi connectivity index (χ2v) is 4.11. The number of amides is 1. The Morgan fingerprint density at radius 2 is 2.00 bits per heavy atom. The molecule has 2 atom stereocenters. The molecule has 0 heterocycles. The predicted octanol–water partition coefficient (Wildman–Crippen LogP) is -1.06. The van der Waals surface area contributed by atoms with Crippen LogP contribution in [0.2, 0.25) is 0 Å². The molecule has 0 radical (unpaired) electrons. The molecular formula is C9H19N3O3S. The average Bonchev–Trinajstić information content (AvgIpc) is 2.26. The van der Waals surface area contributed by atoms with Gasteiger partial charge in [-0.05, 0) is 19.3 Å². The molecule has 0 aromatic heterocycles. The molecule has 0 aromatic rings. The standard InChI is InChI=1S/C9H19N3O3S/c10-5-7(16)8(13)12-4-2-1-3-6(11)9(14)15/h6-7,16H,1-5,10-11H2,(H,12,13)(H,14,15). The Morgan fingerprint density at radius 1 is 1.38 bits per heavy atom. The van der Waals surface area contributed by atoms with Crippen molar-refractivity contribution < 1.29 is 14.7 Å². The highest BCUT2D eigenvalue weighted by atomic mass is 32.1. The number of unbranched alkanes of at least 4 members (excludes halogenated alkanes) is 1. The second kappa shape index (κ2) is 8.37. The van der Waals surface area contributed by atoms with Crippen LogP contribution in [0.3, 0.4) is 0 Å². The van der Waals surface area contributed by atoms with Gasteiger partial charge in [-0.2, -0.15) is 12.6 Å². The average molecular weight is 249 g/mol. The van der Waals surface area contributed by atoms with Crippen molar-refractivity contribution >= 4 is 24.5 Å². The number of nitrogens with one attached hydrogen (secondary N) is 1. The number of carboxylic acids is 1. The number of hydrogen-bond acceptors (Lipinski definition) is 5. The van der Waals surface area contributed by atoms with Crippen molar-refractivity contribution in [3.8, 4) is 0 Å². The number of thiol groups is 1. The maximum Gasteiger partial charge on any atom is 0.320 e. The van der Waals surface area contributed by atoms with Crippen LogP contribution < -0.4 is 16.8 Å². The van der Waals surface area contributed by atoms with Crippen LogP contribution in [0.4, 0.5) is 0 Å². The summed E-state index contributed by atoms with van der Waals surface area (Å²) in [5.41, 5.74) is 10.6. The minimum atomic E-state index is -0.998. The second-order valence-electron chi connectivity index (χ2n) is 3.48. The molecule has 7 heteroatoms. The molecule has 2 unspecified atom stereocenters. The first-order valence-corrected chi connectivity index (χ1v) is 5.65.